The Labute approximate surface area is 134 Å². The SMILES string of the molecule is C=C(/N=C\C(=C/C)C(=CCC)NO)NCC1CCCN(C)C1. The van der Waals surface area contributed by atoms with E-state index in [0.717, 1.165) is 25.1 Å². The third kappa shape index (κ3) is 6.45. The molecular formula is C17H30N4O. The number of hydroxylamine groups is 1. The molecule has 0 saturated carbocycles. The summed E-state index contributed by atoms with van der Waals surface area (Å²) < 4.78 is 0. The molecule has 1 aliphatic rings. The topological polar surface area (TPSA) is 59.9 Å². The molecule has 5 nitrogen and oxygen atoms in total. The summed E-state index contributed by atoms with van der Waals surface area (Å²) in [6, 6.07) is 0. The first-order valence-electron chi connectivity index (χ1n) is 8.03. The molecule has 1 unspecified atom stereocenters. The summed E-state index contributed by atoms with van der Waals surface area (Å²) in [5.41, 5.74) is 3.71. The van der Waals surface area contributed by atoms with Crippen molar-refractivity contribution >= 4 is 6.21 Å². The molecule has 124 valence electrons. The van der Waals surface area contributed by atoms with Crippen molar-refractivity contribution in [3.05, 3.63) is 35.8 Å². The molecule has 22 heavy (non-hydrogen) atoms. The predicted octanol–water partition coefficient (Wildman–Crippen LogP) is 2.68. The van der Waals surface area contributed by atoms with E-state index in [1.54, 1.807) is 6.21 Å². The summed E-state index contributed by atoms with van der Waals surface area (Å²) in [4.78, 5) is 6.72. The van der Waals surface area contributed by atoms with E-state index in [4.69, 9.17) is 5.21 Å². The van der Waals surface area contributed by atoms with E-state index in [1.165, 1.54) is 19.4 Å². The van der Waals surface area contributed by atoms with Crippen LogP contribution in [0.5, 0.6) is 0 Å². The molecule has 1 fully saturated rings. The number of piperidine rings is 1. The van der Waals surface area contributed by atoms with E-state index in [9.17, 15) is 0 Å². The van der Waals surface area contributed by atoms with Crippen LogP contribution in [0, 0.1) is 5.92 Å². The molecule has 5 heteroatoms. The van der Waals surface area contributed by atoms with E-state index in [2.05, 4.69) is 34.3 Å². The van der Waals surface area contributed by atoms with Gasteiger partial charge in [-0.2, -0.15) is 0 Å². The van der Waals surface area contributed by atoms with Crippen LogP contribution in [0.15, 0.2) is 40.8 Å². The van der Waals surface area contributed by atoms with Crippen LogP contribution < -0.4 is 10.8 Å². The lowest BCUT2D eigenvalue weighted by atomic mass is 9.98. The fourth-order valence-electron chi connectivity index (χ4n) is 2.63. The minimum absolute atomic E-state index is 0.654. The Balaban J connectivity index is 2.47. The molecule has 0 amide bonds. The van der Waals surface area contributed by atoms with Gasteiger partial charge >= 0.3 is 0 Å². The second-order valence-electron chi connectivity index (χ2n) is 5.74. The molecule has 0 aliphatic carbocycles. The molecule has 0 spiro atoms. The number of nitrogens with zero attached hydrogens (tertiary/aromatic N) is 2. The number of nitrogens with one attached hydrogen (secondary N) is 2. The summed E-state index contributed by atoms with van der Waals surface area (Å²) in [7, 11) is 2.17. The van der Waals surface area contributed by atoms with Gasteiger partial charge in [0.2, 0.25) is 0 Å². The number of rotatable bonds is 8. The van der Waals surface area contributed by atoms with Crippen LogP contribution in [0.3, 0.4) is 0 Å². The Hall–Kier alpha value is -1.59. The summed E-state index contributed by atoms with van der Waals surface area (Å²) in [6.45, 7) is 11.1. The van der Waals surface area contributed by atoms with Crippen LogP contribution >= 0.6 is 0 Å². The van der Waals surface area contributed by atoms with Crippen molar-refractivity contribution in [2.24, 2.45) is 10.9 Å². The number of hydrogen-bond donors (Lipinski definition) is 3. The predicted molar refractivity (Wildman–Crippen MR) is 92.9 cm³/mol. The van der Waals surface area contributed by atoms with Gasteiger partial charge in [0, 0.05) is 24.9 Å². The molecule has 0 radical (unpaired) electrons. The van der Waals surface area contributed by atoms with Crippen molar-refractivity contribution in [3.8, 4) is 0 Å². The van der Waals surface area contributed by atoms with Gasteiger partial charge in [-0.25, -0.2) is 4.99 Å². The van der Waals surface area contributed by atoms with Gasteiger partial charge in [0.25, 0.3) is 0 Å². The standard InChI is InChI=1S/C17H30N4O/c1-5-8-17(20-22)16(6-2)12-19-14(3)18-11-15-9-7-10-21(4)13-15/h6,8,12,15,18,20,22H,3,5,7,9-11,13H2,1-2,4H3/b16-6+,17-8?,19-12-. The Morgan fingerprint density at radius 1 is 1.50 bits per heavy atom. The van der Waals surface area contributed by atoms with Crippen LogP contribution in [0.25, 0.3) is 0 Å². The summed E-state index contributed by atoms with van der Waals surface area (Å²) in [5, 5.41) is 12.5. The fourth-order valence-corrected chi connectivity index (χ4v) is 2.63. The van der Waals surface area contributed by atoms with Crippen LogP contribution in [-0.4, -0.2) is 43.0 Å². The van der Waals surface area contributed by atoms with Crippen LogP contribution in [-0.2, 0) is 0 Å². The zero-order valence-corrected chi connectivity index (χ0v) is 14.1. The third-order valence-corrected chi connectivity index (χ3v) is 3.83. The normalized spacial score (nSPS) is 21.2. The van der Waals surface area contributed by atoms with Crippen molar-refractivity contribution in [1.29, 1.82) is 0 Å². The molecule has 1 saturated heterocycles. The highest BCUT2D eigenvalue weighted by molar-refractivity contribution is 5.84. The average Bonchev–Trinajstić information content (AvgIpc) is 2.52. The van der Waals surface area contributed by atoms with Crippen molar-refractivity contribution in [1.82, 2.24) is 15.7 Å². The zero-order valence-electron chi connectivity index (χ0n) is 14.1. The summed E-state index contributed by atoms with van der Waals surface area (Å²) in [5.74, 6) is 1.31. The highest BCUT2D eigenvalue weighted by Crippen LogP contribution is 2.14. The number of hydrogen-bond acceptors (Lipinski definition) is 5. The van der Waals surface area contributed by atoms with Gasteiger partial charge in [-0.15, -0.1) is 0 Å². The second kappa shape index (κ2) is 10.2. The highest BCUT2D eigenvalue weighted by atomic mass is 16.5. The number of allylic oxidation sites excluding steroid dienone is 3. The lowest BCUT2D eigenvalue weighted by molar-refractivity contribution is 0.203. The smallest absolute Gasteiger partial charge is 0.118 e. The first kappa shape index (κ1) is 18.5. The van der Waals surface area contributed by atoms with Crippen molar-refractivity contribution in [2.45, 2.75) is 33.1 Å². The molecule has 1 aliphatic heterocycles. The molecule has 3 N–H and O–H groups in total. The summed E-state index contributed by atoms with van der Waals surface area (Å²) in [6.07, 6.45) is 8.88. The Morgan fingerprint density at radius 2 is 2.27 bits per heavy atom. The molecule has 0 aromatic heterocycles. The monoisotopic (exact) mass is 306 g/mol. The average molecular weight is 306 g/mol. The van der Waals surface area contributed by atoms with E-state index in [1.807, 2.05) is 26.0 Å². The lowest BCUT2D eigenvalue weighted by Crippen LogP contribution is -2.36. The van der Waals surface area contributed by atoms with Gasteiger partial charge in [0.1, 0.15) is 5.82 Å². The van der Waals surface area contributed by atoms with Gasteiger partial charge in [-0.3, -0.25) is 10.7 Å². The maximum atomic E-state index is 9.16. The second-order valence-corrected chi connectivity index (χ2v) is 5.74. The fraction of sp³-hybridized carbons (Fsp3) is 0.588. The Morgan fingerprint density at radius 3 is 2.86 bits per heavy atom. The van der Waals surface area contributed by atoms with Crippen LogP contribution in [0.1, 0.15) is 33.1 Å². The summed E-state index contributed by atoms with van der Waals surface area (Å²) >= 11 is 0. The molecule has 0 aromatic carbocycles. The van der Waals surface area contributed by atoms with Crippen LogP contribution in [0.4, 0.5) is 0 Å². The third-order valence-electron chi connectivity index (χ3n) is 3.83. The first-order chi connectivity index (χ1) is 10.6. The van der Waals surface area contributed by atoms with Gasteiger partial charge in [0.15, 0.2) is 0 Å². The van der Waals surface area contributed by atoms with Gasteiger partial charge < -0.3 is 10.2 Å². The zero-order chi connectivity index (χ0) is 16.4. The Kier molecular flexibility index (Phi) is 8.55. The van der Waals surface area contributed by atoms with E-state index < -0.39 is 0 Å². The van der Waals surface area contributed by atoms with Crippen molar-refractivity contribution < 1.29 is 5.21 Å². The Bertz CT molecular complexity index is 440. The molecular weight excluding hydrogens is 276 g/mol. The molecule has 1 rings (SSSR count). The maximum Gasteiger partial charge on any atom is 0.118 e. The van der Waals surface area contributed by atoms with Crippen molar-refractivity contribution in [2.75, 3.05) is 26.7 Å². The minimum atomic E-state index is 0.654. The molecule has 0 aromatic rings. The first-order valence-corrected chi connectivity index (χ1v) is 8.03. The quantitative estimate of drug-likeness (QED) is 0.366. The van der Waals surface area contributed by atoms with E-state index in [0.29, 0.717) is 17.4 Å². The number of aliphatic imine (C=N–C) groups is 1. The molecule has 0 bridgehead atoms. The van der Waals surface area contributed by atoms with Gasteiger partial charge in [0.05, 0.1) is 5.70 Å². The lowest BCUT2D eigenvalue weighted by Gasteiger charge is -2.29. The molecule has 1 atom stereocenters. The van der Waals surface area contributed by atoms with Gasteiger partial charge in [-0.05, 0) is 45.7 Å². The van der Waals surface area contributed by atoms with Crippen molar-refractivity contribution in [3.63, 3.8) is 0 Å². The van der Waals surface area contributed by atoms with Gasteiger partial charge in [-0.1, -0.05) is 25.7 Å². The number of likely N-dealkylation sites (tertiary alicyclic amines) is 1. The highest BCUT2D eigenvalue weighted by Gasteiger charge is 2.16. The minimum Gasteiger partial charge on any atom is -0.370 e. The van der Waals surface area contributed by atoms with Crippen LogP contribution in [0.2, 0.25) is 0 Å². The van der Waals surface area contributed by atoms with E-state index >= 15 is 0 Å². The largest absolute Gasteiger partial charge is 0.370 e. The maximum absolute atomic E-state index is 9.16. The molecule has 1 heterocycles. The van der Waals surface area contributed by atoms with E-state index in [-0.39, 0.29) is 0 Å².